The van der Waals surface area contributed by atoms with Crippen molar-refractivity contribution in [1.29, 1.82) is 0 Å². The van der Waals surface area contributed by atoms with Crippen LogP contribution < -0.4 is 11.1 Å². The number of halogens is 1. The quantitative estimate of drug-likeness (QED) is 0.593. The molecule has 1 amide bonds. The Morgan fingerprint density at radius 1 is 1.37 bits per heavy atom. The summed E-state index contributed by atoms with van der Waals surface area (Å²) < 4.78 is 11.4. The first-order chi connectivity index (χ1) is 9.08. The van der Waals surface area contributed by atoms with Gasteiger partial charge in [0, 0.05) is 23.4 Å². The SMILES string of the molecule is CCOC(CNC(=O)c1cc(N)ccc1Br)OCC. The van der Waals surface area contributed by atoms with E-state index in [1.54, 1.807) is 18.2 Å². The lowest BCUT2D eigenvalue weighted by Crippen LogP contribution is -2.35. The highest BCUT2D eigenvalue weighted by Gasteiger charge is 2.13. The summed E-state index contributed by atoms with van der Waals surface area (Å²) in [7, 11) is 0. The molecule has 1 aromatic carbocycles. The molecule has 1 rings (SSSR count). The summed E-state index contributed by atoms with van der Waals surface area (Å²) in [6, 6.07) is 5.09. The fourth-order valence-electron chi connectivity index (χ4n) is 1.53. The van der Waals surface area contributed by atoms with Crippen molar-refractivity contribution in [3.8, 4) is 0 Å². The number of nitrogen functional groups attached to an aromatic ring is 1. The zero-order chi connectivity index (χ0) is 14.3. The minimum atomic E-state index is -0.432. The summed E-state index contributed by atoms with van der Waals surface area (Å²) in [5, 5.41) is 2.76. The molecule has 0 atom stereocenters. The van der Waals surface area contributed by atoms with Crippen molar-refractivity contribution in [2.75, 3.05) is 25.5 Å². The van der Waals surface area contributed by atoms with Crippen LogP contribution >= 0.6 is 15.9 Å². The molecule has 0 bridgehead atoms. The van der Waals surface area contributed by atoms with Crippen molar-refractivity contribution in [3.63, 3.8) is 0 Å². The van der Waals surface area contributed by atoms with Gasteiger partial charge in [0.25, 0.3) is 5.91 Å². The van der Waals surface area contributed by atoms with Crippen LogP contribution in [0.3, 0.4) is 0 Å². The van der Waals surface area contributed by atoms with Gasteiger partial charge in [-0.2, -0.15) is 0 Å². The van der Waals surface area contributed by atoms with Crippen molar-refractivity contribution in [1.82, 2.24) is 5.32 Å². The van der Waals surface area contributed by atoms with Gasteiger partial charge in [-0.15, -0.1) is 0 Å². The highest BCUT2D eigenvalue weighted by atomic mass is 79.9. The number of carbonyl (C=O) groups is 1. The van der Waals surface area contributed by atoms with Gasteiger partial charge in [-0.05, 0) is 48.0 Å². The molecule has 6 heteroatoms. The molecule has 0 heterocycles. The van der Waals surface area contributed by atoms with Gasteiger partial charge in [-0.25, -0.2) is 0 Å². The molecule has 106 valence electrons. The Morgan fingerprint density at radius 2 is 2.00 bits per heavy atom. The van der Waals surface area contributed by atoms with Gasteiger partial charge in [0.2, 0.25) is 0 Å². The van der Waals surface area contributed by atoms with Gasteiger partial charge in [-0.1, -0.05) is 0 Å². The van der Waals surface area contributed by atoms with Crippen LogP contribution in [0.15, 0.2) is 22.7 Å². The third-order valence-electron chi connectivity index (χ3n) is 2.37. The summed E-state index contributed by atoms with van der Waals surface area (Å²) in [5.74, 6) is -0.219. The van der Waals surface area contributed by atoms with Crippen molar-refractivity contribution in [3.05, 3.63) is 28.2 Å². The molecular weight excluding hydrogens is 312 g/mol. The molecular formula is C13H19BrN2O3. The van der Waals surface area contributed by atoms with E-state index in [9.17, 15) is 4.79 Å². The number of anilines is 1. The van der Waals surface area contributed by atoms with Crippen LogP contribution in [0, 0.1) is 0 Å². The second kappa shape index (κ2) is 8.14. The van der Waals surface area contributed by atoms with Gasteiger partial charge in [0.05, 0.1) is 12.1 Å². The molecule has 1 aromatic rings. The van der Waals surface area contributed by atoms with Crippen LogP contribution in [0.25, 0.3) is 0 Å². The zero-order valence-electron chi connectivity index (χ0n) is 11.1. The Kier molecular flexibility index (Phi) is 6.83. The van der Waals surface area contributed by atoms with E-state index in [0.717, 1.165) is 0 Å². The minimum Gasteiger partial charge on any atom is -0.399 e. The standard InChI is InChI=1S/C13H19BrN2O3/c1-3-18-12(19-4-2)8-16-13(17)10-7-9(15)5-6-11(10)14/h5-7,12H,3-4,8,15H2,1-2H3,(H,16,17). The lowest BCUT2D eigenvalue weighted by atomic mass is 10.2. The lowest BCUT2D eigenvalue weighted by Gasteiger charge is -2.17. The highest BCUT2D eigenvalue weighted by molar-refractivity contribution is 9.10. The van der Waals surface area contributed by atoms with Crippen LogP contribution in [0.4, 0.5) is 5.69 Å². The summed E-state index contributed by atoms with van der Waals surface area (Å²) in [6.07, 6.45) is -0.432. The molecule has 3 N–H and O–H groups in total. The number of hydrogen-bond acceptors (Lipinski definition) is 4. The van der Waals surface area contributed by atoms with E-state index >= 15 is 0 Å². The van der Waals surface area contributed by atoms with Crippen molar-refractivity contribution in [2.45, 2.75) is 20.1 Å². The Bertz CT molecular complexity index is 420. The molecule has 0 aliphatic carbocycles. The first-order valence-electron chi connectivity index (χ1n) is 6.14. The first-order valence-corrected chi connectivity index (χ1v) is 6.94. The molecule has 19 heavy (non-hydrogen) atoms. The van der Waals surface area contributed by atoms with Crippen LogP contribution in [0.5, 0.6) is 0 Å². The summed E-state index contributed by atoms with van der Waals surface area (Å²) in [5.41, 5.74) is 6.70. The molecule has 0 saturated carbocycles. The number of benzene rings is 1. The Hall–Kier alpha value is -1.11. The average Bonchev–Trinajstić information content (AvgIpc) is 2.39. The summed E-state index contributed by atoms with van der Waals surface area (Å²) in [4.78, 5) is 12.0. The second-order valence-corrected chi connectivity index (χ2v) is 4.64. The molecule has 0 aliphatic rings. The van der Waals surface area contributed by atoms with Gasteiger partial charge in [-0.3, -0.25) is 4.79 Å². The van der Waals surface area contributed by atoms with Crippen LogP contribution in [-0.2, 0) is 9.47 Å². The van der Waals surface area contributed by atoms with Crippen LogP contribution in [0.1, 0.15) is 24.2 Å². The van der Waals surface area contributed by atoms with E-state index in [0.29, 0.717) is 35.5 Å². The monoisotopic (exact) mass is 330 g/mol. The topological polar surface area (TPSA) is 73.6 Å². The molecule has 0 fully saturated rings. The number of amides is 1. The van der Waals surface area contributed by atoms with Crippen LogP contribution in [0.2, 0.25) is 0 Å². The molecule has 5 nitrogen and oxygen atoms in total. The maximum Gasteiger partial charge on any atom is 0.252 e. The van der Waals surface area contributed by atoms with E-state index in [2.05, 4.69) is 21.2 Å². The fraction of sp³-hybridized carbons (Fsp3) is 0.462. The maximum atomic E-state index is 12.0. The number of carbonyl (C=O) groups excluding carboxylic acids is 1. The van der Waals surface area contributed by atoms with Gasteiger partial charge in [0.1, 0.15) is 0 Å². The number of rotatable bonds is 7. The van der Waals surface area contributed by atoms with Crippen molar-refractivity contribution < 1.29 is 14.3 Å². The third kappa shape index (κ3) is 5.18. The Morgan fingerprint density at radius 3 is 2.58 bits per heavy atom. The first kappa shape index (κ1) is 15.9. The van der Waals surface area contributed by atoms with Crippen molar-refractivity contribution in [2.24, 2.45) is 0 Å². The van der Waals surface area contributed by atoms with E-state index in [-0.39, 0.29) is 5.91 Å². The zero-order valence-corrected chi connectivity index (χ0v) is 12.7. The number of ether oxygens (including phenoxy) is 2. The third-order valence-corrected chi connectivity index (χ3v) is 3.06. The van der Waals surface area contributed by atoms with Gasteiger partial charge < -0.3 is 20.5 Å². The van der Waals surface area contributed by atoms with Gasteiger partial charge >= 0.3 is 0 Å². The molecule has 0 radical (unpaired) electrons. The van der Waals surface area contributed by atoms with E-state index in [1.807, 2.05) is 13.8 Å². The second-order valence-electron chi connectivity index (χ2n) is 3.79. The maximum absolute atomic E-state index is 12.0. The highest BCUT2D eigenvalue weighted by Crippen LogP contribution is 2.19. The summed E-state index contributed by atoms with van der Waals surface area (Å²) >= 11 is 3.32. The molecule has 0 unspecified atom stereocenters. The van der Waals surface area contributed by atoms with Crippen molar-refractivity contribution >= 4 is 27.5 Å². The number of nitrogens with two attached hydrogens (primary N) is 1. The van der Waals surface area contributed by atoms with Gasteiger partial charge in [0.15, 0.2) is 6.29 Å². The fourth-order valence-corrected chi connectivity index (χ4v) is 1.95. The largest absolute Gasteiger partial charge is 0.399 e. The average molecular weight is 331 g/mol. The van der Waals surface area contributed by atoms with E-state index in [1.165, 1.54) is 0 Å². The predicted octanol–water partition coefficient (Wildman–Crippen LogP) is 2.16. The van der Waals surface area contributed by atoms with E-state index in [4.69, 9.17) is 15.2 Å². The Labute approximate surface area is 121 Å². The minimum absolute atomic E-state index is 0.219. The molecule has 0 spiro atoms. The van der Waals surface area contributed by atoms with Crippen LogP contribution in [-0.4, -0.2) is 32.0 Å². The molecule has 0 saturated heterocycles. The predicted molar refractivity (Wildman–Crippen MR) is 77.9 cm³/mol. The number of nitrogens with one attached hydrogen (secondary N) is 1. The lowest BCUT2D eigenvalue weighted by molar-refractivity contribution is -0.131. The molecule has 0 aromatic heterocycles. The summed E-state index contributed by atoms with van der Waals surface area (Å²) in [6.45, 7) is 5.11. The van der Waals surface area contributed by atoms with E-state index < -0.39 is 6.29 Å². The normalized spacial score (nSPS) is 10.7. The Balaban J connectivity index is 2.61. The number of hydrogen-bond donors (Lipinski definition) is 2. The molecule has 0 aliphatic heterocycles. The smallest absolute Gasteiger partial charge is 0.252 e.